The lowest BCUT2D eigenvalue weighted by atomic mass is 10.2. The van der Waals surface area contributed by atoms with E-state index >= 15 is 0 Å². The lowest BCUT2D eigenvalue weighted by Crippen LogP contribution is -2.30. The number of carbonyl (C=O) groups excluding carboxylic acids is 1. The van der Waals surface area contributed by atoms with Crippen molar-refractivity contribution >= 4 is 17.2 Å². The van der Waals surface area contributed by atoms with Crippen LogP contribution in [0, 0.1) is 12.8 Å². The quantitative estimate of drug-likeness (QED) is 0.823. The molecule has 2 heterocycles. The SMILES string of the molecule is Cc1ccc([C@H]2C[C@H]2C(=O)N(C)CCCn2ccnc2)s1. The number of imidazole rings is 1. The van der Waals surface area contributed by atoms with Crippen LogP contribution in [0.1, 0.15) is 28.5 Å². The van der Waals surface area contributed by atoms with Crippen molar-refractivity contribution < 1.29 is 4.79 Å². The van der Waals surface area contributed by atoms with Gasteiger partial charge in [0.15, 0.2) is 0 Å². The Hall–Kier alpha value is -1.62. The molecule has 5 heteroatoms. The maximum Gasteiger partial charge on any atom is 0.226 e. The minimum Gasteiger partial charge on any atom is -0.345 e. The van der Waals surface area contributed by atoms with Crippen molar-refractivity contribution in [2.75, 3.05) is 13.6 Å². The zero-order chi connectivity index (χ0) is 14.8. The van der Waals surface area contributed by atoms with Crippen LogP contribution in [-0.4, -0.2) is 34.0 Å². The molecule has 0 saturated heterocycles. The highest BCUT2D eigenvalue weighted by molar-refractivity contribution is 7.12. The van der Waals surface area contributed by atoms with Crippen molar-refractivity contribution in [1.82, 2.24) is 14.5 Å². The normalized spacial score (nSPS) is 20.5. The molecule has 0 spiro atoms. The zero-order valence-corrected chi connectivity index (χ0v) is 13.3. The zero-order valence-electron chi connectivity index (χ0n) is 12.5. The Kier molecular flexibility index (Phi) is 4.10. The van der Waals surface area contributed by atoms with Gasteiger partial charge in [0.1, 0.15) is 0 Å². The molecular weight excluding hydrogens is 282 g/mol. The van der Waals surface area contributed by atoms with Gasteiger partial charge in [-0.25, -0.2) is 4.98 Å². The third-order valence-corrected chi connectivity index (χ3v) is 5.21. The van der Waals surface area contributed by atoms with Crippen LogP contribution in [0.15, 0.2) is 30.9 Å². The van der Waals surface area contributed by atoms with Crippen molar-refractivity contribution in [3.05, 3.63) is 40.6 Å². The summed E-state index contributed by atoms with van der Waals surface area (Å²) in [6, 6.07) is 4.33. The van der Waals surface area contributed by atoms with E-state index in [4.69, 9.17) is 0 Å². The van der Waals surface area contributed by atoms with Crippen LogP contribution in [0.4, 0.5) is 0 Å². The molecule has 0 unspecified atom stereocenters. The monoisotopic (exact) mass is 303 g/mol. The van der Waals surface area contributed by atoms with Gasteiger partial charge < -0.3 is 9.47 Å². The van der Waals surface area contributed by atoms with Gasteiger partial charge in [0, 0.05) is 54.1 Å². The first-order valence-corrected chi connectivity index (χ1v) is 8.24. The van der Waals surface area contributed by atoms with E-state index in [1.54, 1.807) is 6.20 Å². The molecule has 2 atom stereocenters. The summed E-state index contributed by atoms with van der Waals surface area (Å²) >= 11 is 1.83. The summed E-state index contributed by atoms with van der Waals surface area (Å²) in [5.74, 6) is 0.977. The number of aromatic nitrogens is 2. The molecule has 1 amide bonds. The molecule has 0 N–H and O–H groups in total. The van der Waals surface area contributed by atoms with Gasteiger partial charge in [-0.15, -0.1) is 11.3 Å². The van der Waals surface area contributed by atoms with E-state index < -0.39 is 0 Å². The second kappa shape index (κ2) is 6.02. The number of hydrogen-bond acceptors (Lipinski definition) is 3. The summed E-state index contributed by atoms with van der Waals surface area (Å²) in [6.45, 7) is 3.84. The summed E-state index contributed by atoms with van der Waals surface area (Å²) in [4.78, 5) is 21.0. The second-order valence-electron chi connectivity index (χ2n) is 5.81. The molecule has 1 fully saturated rings. The van der Waals surface area contributed by atoms with Crippen molar-refractivity contribution in [2.24, 2.45) is 5.92 Å². The van der Waals surface area contributed by atoms with E-state index in [-0.39, 0.29) is 5.92 Å². The van der Waals surface area contributed by atoms with E-state index in [1.165, 1.54) is 9.75 Å². The lowest BCUT2D eigenvalue weighted by molar-refractivity contribution is -0.131. The molecule has 1 saturated carbocycles. The fourth-order valence-electron chi connectivity index (χ4n) is 2.74. The first-order valence-electron chi connectivity index (χ1n) is 7.42. The molecule has 3 rings (SSSR count). The van der Waals surface area contributed by atoms with E-state index in [1.807, 2.05) is 40.4 Å². The molecule has 0 aliphatic heterocycles. The number of amides is 1. The van der Waals surface area contributed by atoms with Crippen LogP contribution < -0.4 is 0 Å². The Bertz CT molecular complexity index is 605. The molecule has 0 bridgehead atoms. The number of hydrogen-bond donors (Lipinski definition) is 0. The van der Waals surface area contributed by atoms with Gasteiger partial charge in [0.2, 0.25) is 5.91 Å². The van der Waals surface area contributed by atoms with Crippen LogP contribution in [0.2, 0.25) is 0 Å². The fraction of sp³-hybridized carbons (Fsp3) is 0.500. The van der Waals surface area contributed by atoms with Gasteiger partial charge in [-0.05, 0) is 31.9 Å². The minimum absolute atomic E-state index is 0.210. The highest BCUT2D eigenvalue weighted by atomic mass is 32.1. The molecule has 4 nitrogen and oxygen atoms in total. The molecule has 21 heavy (non-hydrogen) atoms. The summed E-state index contributed by atoms with van der Waals surface area (Å²) in [7, 11) is 1.92. The summed E-state index contributed by atoms with van der Waals surface area (Å²) in [5, 5.41) is 0. The molecule has 0 radical (unpaired) electrons. The van der Waals surface area contributed by atoms with E-state index in [0.717, 1.165) is 25.9 Å². The maximum atomic E-state index is 12.4. The van der Waals surface area contributed by atoms with Gasteiger partial charge in [0.25, 0.3) is 0 Å². The Labute approximate surface area is 129 Å². The van der Waals surface area contributed by atoms with Gasteiger partial charge >= 0.3 is 0 Å². The summed E-state index contributed by atoms with van der Waals surface area (Å²) in [5.41, 5.74) is 0. The van der Waals surface area contributed by atoms with Gasteiger partial charge in [-0.1, -0.05) is 0 Å². The predicted molar refractivity (Wildman–Crippen MR) is 84.4 cm³/mol. The Morgan fingerprint density at radius 3 is 3.05 bits per heavy atom. The molecule has 2 aromatic heterocycles. The topological polar surface area (TPSA) is 38.1 Å². The van der Waals surface area contributed by atoms with Crippen molar-refractivity contribution in [1.29, 1.82) is 0 Å². The van der Waals surface area contributed by atoms with E-state index in [9.17, 15) is 4.79 Å². The van der Waals surface area contributed by atoms with Crippen molar-refractivity contribution in [2.45, 2.75) is 32.2 Å². The average Bonchev–Trinajstić information content (AvgIpc) is 2.87. The van der Waals surface area contributed by atoms with Crippen LogP contribution in [0.5, 0.6) is 0 Å². The van der Waals surface area contributed by atoms with Crippen LogP contribution in [0.3, 0.4) is 0 Å². The Morgan fingerprint density at radius 2 is 2.38 bits per heavy atom. The molecular formula is C16H21N3OS. The first kappa shape index (κ1) is 14.3. The predicted octanol–water partition coefficient (Wildman–Crippen LogP) is 2.91. The van der Waals surface area contributed by atoms with Gasteiger partial charge in [0.05, 0.1) is 6.33 Å². The van der Waals surface area contributed by atoms with Gasteiger partial charge in [-0.3, -0.25) is 4.79 Å². The Balaban J connectivity index is 1.45. The number of aryl methyl sites for hydroxylation is 2. The van der Waals surface area contributed by atoms with Crippen LogP contribution in [-0.2, 0) is 11.3 Å². The van der Waals surface area contributed by atoms with Crippen molar-refractivity contribution in [3.8, 4) is 0 Å². The Morgan fingerprint density at radius 1 is 1.52 bits per heavy atom. The molecule has 0 aromatic carbocycles. The largest absolute Gasteiger partial charge is 0.345 e. The fourth-order valence-corrected chi connectivity index (χ4v) is 3.79. The molecule has 112 valence electrons. The van der Waals surface area contributed by atoms with Gasteiger partial charge in [-0.2, -0.15) is 0 Å². The molecule has 1 aliphatic carbocycles. The number of rotatable bonds is 6. The third-order valence-electron chi connectivity index (χ3n) is 4.08. The lowest BCUT2D eigenvalue weighted by Gasteiger charge is -2.17. The first-order chi connectivity index (χ1) is 10.1. The number of nitrogens with zero attached hydrogens (tertiary/aromatic N) is 3. The smallest absolute Gasteiger partial charge is 0.226 e. The molecule has 1 aliphatic rings. The standard InChI is InChI=1S/C16H21N3OS/c1-12-4-5-15(21-12)13-10-14(13)16(20)18(2)7-3-8-19-9-6-17-11-19/h4-6,9,11,13-14H,3,7-8,10H2,1-2H3/t13-,14+/m0/s1. The second-order valence-corrected chi connectivity index (χ2v) is 7.13. The summed E-state index contributed by atoms with van der Waals surface area (Å²) in [6.07, 6.45) is 7.54. The number of carbonyl (C=O) groups is 1. The van der Waals surface area contributed by atoms with E-state index in [0.29, 0.717) is 11.8 Å². The van der Waals surface area contributed by atoms with E-state index in [2.05, 4.69) is 24.0 Å². The van der Waals surface area contributed by atoms with Crippen LogP contribution in [0.25, 0.3) is 0 Å². The maximum absolute atomic E-state index is 12.4. The highest BCUT2D eigenvalue weighted by Crippen LogP contribution is 2.50. The average molecular weight is 303 g/mol. The highest BCUT2D eigenvalue weighted by Gasteiger charge is 2.45. The minimum atomic E-state index is 0.210. The summed E-state index contributed by atoms with van der Waals surface area (Å²) < 4.78 is 2.05. The number of thiophene rings is 1. The third kappa shape index (κ3) is 3.35. The van der Waals surface area contributed by atoms with Crippen molar-refractivity contribution in [3.63, 3.8) is 0 Å². The molecule has 2 aromatic rings. The van der Waals surface area contributed by atoms with Crippen LogP contribution >= 0.6 is 11.3 Å².